The van der Waals surface area contributed by atoms with Crippen LogP contribution in [-0.4, -0.2) is 43.5 Å². The Kier molecular flexibility index (Phi) is 5.99. The average molecular weight is 402 g/mol. The van der Waals surface area contributed by atoms with Crippen LogP contribution in [0.15, 0.2) is 42.5 Å². The molecule has 1 aromatic heterocycles. The average Bonchev–Trinajstić information content (AvgIpc) is 3.00. The largest absolute Gasteiger partial charge is 0.497 e. The summed E-state index contributed by atoms with van der Waals surface area (Å²) in [7, 11) is 2.12. The van der Waals surface area contributed by atoms with Crippen molar-refractivity contribution in [2.75, 3.05) is 13.4 Å². The summed E-state index contributed by atoms with van der Waals surface area (Å²) in [5, 5.41) is 8.24. The maximum atomic E-state index is 11.6. The second-order valence-electron chi connectivity index (χ2n) is 6.40. The third kappa shape index (κ3) is 4.33. The predicted octanol–water partition coefficient (Wildman–Crippen LogP) is 2.54. The number of fused-ring (bicyclic) bond motifs is 1. The first-order chi connectivity index (χ1) is 13.4. The lowest BCUT2D eigenvalue weighted by molar-refractivity contribution is -0.136. The molecule has 2 aromatic carbocycles. The van der Waals surface area contributed by atoms with Crippen LogP contribution in [0.1, 0.15) is 11.4 Å². The molecule has 1 heterocycles. The highest BCUT2D eigenvalue weighted by Crippen LogP contribution is 2.22. The fourth-order valence-corrected chi connectivity index (χ4v) is 3.62. The molecule has 3 rings (SSSR count). The number of aromatic nitrogens is 2. The van der Waals surface area contributed by atoms with E-state index in [0.717, 1.165) is 28.2 Å². The van der Waals surface area contributed by atoms with Gasteiger partial charge in [-0.3, -0.25) is 9.00 Å². The first-order valence-electron chi connectivity index (χ1n) is 8.65. The number of hydrogen-bond acceptors (Lipinski definition) is 5. The molecule has 0 saturated carbocycles. The van der Waals surface area contributed by atoms with Crippen LogP contribution in [0.3, 0.4) is 0 Å². The second-order valence-corrected chi connectivity index (χ2v) is 7.97. The molecule has 2 unspecified atom stereocenters. The van der Waals surface area contributed by atoms with Crippen LogP contribution < -0.4 is 9.47 Å². The highest BCUT2D eigenvalue weighted by molar-refractivity contribution is 7.85. The van der Waals surface area contributed by atoms with Crippen molar-refractivity contribution in [3.63, 3.8) is 0 Å². The quantitative estimate of drug-likeness (QED) is 0.623. The second kappa shape index (κ2) is 8.43. The van der Waals surface area contributed by atoms with Gasteiger partial charge in [-0.15, -0.1) is 0 Å². The Bertz CT molecular complexity index is 999. The number of nitrogens with zero attached hydrogens (tertiary/aromatic N) is 2. The molecule has 0 amide bonds. The molecule has 0 aliphatic heterocycles. The number of carboxylic acid groups (broad SMARTS) is 1. The van der Waals surface area contributed by atoms with Gasteiger partial charge in [-0.1, -0.05) is 12.1 Å². The van der Waals surface area contributed by atoms with Crippen molar-refractivity contribution in [2.45, 2.75) is 18.3 Å². The minimum atomic E-state index is -1.43. The zero-order chi connectivity index (χ0) is 20.3. The fraction of sp³-hybridized carbons (Fsp3) is 0.300. The van der Waals surface area contributed by atoms with Crippen molar-refractivity contribution >= 4 is 27.8 Å². The normalized spacial score (nSPS) is 13.2. The van der Waals surface area contributed by atoms with Crippen LogP contribution in [0.5, 0.6) is 11.5 Å². The number of carbonyl (C=O) groups is 1. The van der Waals surface area contributed by atoms with Gasteiger partial charge in [0.25, 0.3) is 0 Å². The van der Waals surface area contributed by atoms with E-state index in [1.54, 1.807) is 31.4 Å². The van der Waals surface area contributed by atoms with Crippen molar-refractivity contribution in [3.8, 4) is 11.5 Å². The molecule has 2 atom stereocenters. The molecular weight excluding hydrogens is 380 g/mol. The maximum absolute atomic E-state index is 11.6. The van der Waals surface area contributed by atoms with Gasteiger partial charge in [-0.25, -0.2) is 4.98 Å². The number of aryl methyl sites for hydroxylation is 1. The summed E-state index contributed by atoms with van der Waals surface area (Å²) in [6.07, 6.45) is 1.62. The van der Waals surface area contributed by atoms with Gasteiger partial charge in [-0.2, -0.15) is 0 Å². The number of ether oxygens (including phenoxy) is 2. The summed E-state index contributed by atoms with van der Waals surface area (Å²) in [4.78, 5) is 15.8. The fourth-order valence-electron chi connectivity index (χ4n) is 2.91. The highest BCUT2D eigenvalue weighted by Gasteiger charge is 2.21. The number of hydrogen-bond donors (Lipinski definition) is 1. The molecule has 28 heavy (non-hydrogen) atoms. The van der Waals surface area contributed by atoms with Gasteiger partial charge in [0.05, 0.1) is 18.1 Å². The van der Waals surface area contributed by atoms with Gasteiger partial charge in [0, 0.05) is 30.2 Å². The maximum Gasteiger partial charge on any atom is 0.319 e. The van der Waals surface area contributed by atoms with E-state index >= 15 is 0 Å². The number of rotatable bonds is 8. The van der Waals surface area contributed by atoms with Crippen molar-refractivity contribution in [1.29, 1.82) is 0 Å². The summed E-state index contributed by atoms with van der Waals surface area (Å²) >= 11 is 0. The monoisotopic (exact) mass is 402 g/mol. The third-order valence-electron chi connectivity index (χ3n) is 4.57. The van der Waals surface area contributed by atoms with Crippen molar-refractivity contribution in [2.24, 2.45) is 7.05 Å². The molecule has 7 nitrogen and oxygen atoms in total. The van der Waals surface area contributed by atoms with Gasteiger partial charge < -0.3 is 19.1 Å². The van der Waals surface area contributed by atoms with Crippen LogP contribution in [0.4, 0.5) is 0 Å². The number of benzene rings is 2. The van der Waals surface area contributed by atoms with Crippen LogP contribution in [0, 0.1) is 0 Å². The Morgan fingerprint density at radius 2 is 1.89 bits per heavy atom. The predicted molar refractivity (Wildman–Crippen MR) is 107 cm³/mol. The molecule has 0 saturated heterocycles. The number of methoxy groups -OCH3 is 1. The van der Waals surface area contributed by atoms with Gasteiger partial charge in [0.2, 0.25) is 0 Å². The van der Waals surface area contributed by atoms with E-state index in [1.807, 2.05) is 29.8 Å². The molecule has 0 fully saturated rings. The summed E-state index contributed by atoms with van der Waals surface area (Å²) in [6.45, 7) is 0.295. The van der Waals surface area contributed by atoms with E-state index in [0.29, 0.717) is 12.4 Å². The van der Waals surface area contributed by atoms with Crippen molar-refractivity contribution in [3.05, 3.63) is 53.9 Å². The molecule has 0 radical (unpaired) electrons. The third-order valence-corrected chi connectivity index (χ3v) is 5.74. The van der Waals surface area contributed by atoms with Gasteiger partial charge in [-0.05, 0) is 36.2 Å². The van der Waals surface area contributed by atoms with E-state index in [9.17, 15) is 9.00 Å². The van der Waals surface area contributed by atoms with Crippen LogP contribution >= 0.6 is 0 Å². The SMILES string of the molecule is COc1ccc2nc(COc3ccc(CC(C(=O)O)S(C)=O)cc3)n(C)c2c1. The molecule has 0 aliphatic rings. The molecule has 148 valence electrons. The summed E-state index contributed by atoms with van der Waals surface area (Å²) in [5.74, 6) is 1.14. The minimum Gasteiger partial charge on any atom is -0.497 e. The van der Waals surface area contributed by atoms with Crippen LogP contribution in [0.2, 0.25) is 0 Å². The molecular formula is C20H22N2O5S. The van der Waals surface area contributed by atoms with E-state index in [4.69, 9.17) is 14.6 Å². The number of imidazole rings is 1. The van der Waals surface area contributed by atoms with Gasteiger partial charge in [0.15, 0.2) is 0 Å². The van der Waals surface area contributed by atoms with Crippen molar-refractivity contribution in [1.82, 2.24) is 9.55 Å². The van der Waals surface area contributed by atoms with E-state index in [-0.39, 0.29) is 6.42 Å². The Morgan fingerprint density at radius 1 is 1.21 bits per heavy atom. The Labute approximate surface area is 165 Å². The standard InChI is InChI=1S/C20H22N2O5S/c1-22-17-11-15(26-2)8-9-16(17)21-19(22)12-27-14-6-4-13(5-7-14)10-18(20(23)24)28(3)25/h4-9,11,18H,10,12H2,1-3H3,(H,23,24). The van der Waals surface area contributed by atoms with E-state index < -0.39 is 22.0 Å². The Hall–Kier alpha value is -2.87. The topological polar surface area (TPSA) is 90.7 Å². The van der Waals surface area contributed by atoms with Gasteiger partial charge >= 0.3 is 5.97 Å². The molecule has 0 bridgehead atoms. The lowest BCUT2D eigenvalue weighted by Crippen LogP contribution is -2.27. The van der Waals surface area contributed by atoms with E-state index in [1.165, 1.54) is 6.26 Å². The molecule has 3 aromatic rings. The smallest absolute Gasteiger partial charge is 0.319 e. The Balaban J connectivity index is 1.68. The number of aliphatic carboxylic acids is 1. The Morgan fingerprint density at radius 3 is 2.50 bits per heavy atom. The first kappa shape index (κ1) is 19.9. The lowest BCUT2D eigenvalue weighted by atomic mass is 10.1. The van der Waals surface area contributed by atoms with Crippen LogP contribution in [-0.2, 0) is 35.7 Å². The first-order valence-corrected chi connectivity index (χ1v) is 10.3. The molecule has 0 spiro atoms. The van der Waals surface area contributed by atoms with E-state index in [2.05, 4.69) is 4.98 Å². The lowest BCUT2D eigenvalue weighted by Gasteiger charge is -2.10. The summed E-state index contributed by atoms with van der Waals surface area (Å²) < 4.78 is 24.6. The van der Waals surface area contributed by atoms with Crippen LogP contribution in [0.25, 0.3) is 11.0 Å². The number of carboxylic acids is 1. The summed E-state index contributed by atoms with van der Waals surface area (Å²) in [6, 6.07) is 12.8. The molecule has 1 N–H and O–H groups in total. The summed E-state index contributed by atoms with van der Waals surface area (Å²) in [5.41, 5.74) is 2.62. The molecule has 0 aliphatic carbocycles. The van der Waals surface area contributed by atoms with Gasteiger partial charge in [0.1, 0.15) is 29.2 Å². The zero-order valence-corrected chi connectivity index (χ0v) is 16.7. The highest BCUT2D eigenvalue weighted by atomic mass is 32.2. The van der Waals surface area contributed by atoms with Crippen molar-refractivity contribution < 1.29 is 23.6 Å². The zero-order valence-electron chi connectivity index (χ0n) is 15.9. The minimum absolute atomic E-state index is 0.214. The molecule has 8 heteroatoms.